The summed E-state index contributed by atoms with van der Waals surface area (Å²) in [5.74, 6) is 0.131. The van der Waals surface area contributed by atoms with Crippen LogP contribution in [0.3, 0.4) is 0 Å². The predicted octanol–water partition coefficient (Wildman–Crippen LogP) is 4.17. The number of cyclic esters (lactones) is 1. The van der Waals surface area contributed by atoms with Crippen LogP contribution in [0.1, 0.15) is 24.0 Å². The summed E-state index contributed by atoms with van der Waals surface area (Å²) in [6, 6.07) is 18.6. The SMILES string of the molecule is COC(=O)[C@H](Cc1ccccc1)N1C(=O)O[C@@H](Cc2ccccc2)[C@H]1/C=C/C1CC1. The normalized spacial score (nSPS) is 22.2. The molecular weight excluding hydrogens is 378 g/mol. The molecular formula is C25H27NO4. The van der Waals surface area contributed by atoms with Crippen LogP contribution < -0.4 is 0 Å². The third kappa shape index (κ3) is 4.73. The highest BCUT2D eigenvalue weighted by Crippen LogP contribution is 2.33. The van der Waals surface area contributed by atoms with Crippen molar-refractivity contribution in [2.75, 3.05) is 7.11 Å². The Morgan fingerprint density at radius 2 is 1.70 bits per heavy atom. The smallest absolute Gasteiger partial charge is 0.411 e. The van der Waals surface area contributed by atoms with Gasteiger partial charge >= 0.3 is 12.1 Å². The molecule has 2 fully saturated rings. The maximum atomic E-state index is 13.0. The summed E-state index contributed by atoms with van der Waals surface area (Å²) in [7, 11) is 1.36. The molecule has 2 aromatic carbocycles. The third-order valence-corrected chi connectivity index (χ3v) is 5.73. The van der Waals surface area contributed by atoms with E-state index in [2.05, 4.69) is 12.2 Å². The highest BCUT2D eigenvalue weighted by molar-refractivity contribution is 5.83. The Bertz CT molecular complexity index is 892. The molecule has 1 amide bonds. The lowest BCUT2D eigenvalue weighted by molar-refractivity contribution is -0.146. The fourth-order valence-electron chi connectivity index (χ4n) is 3.95. The minimum Gasteiger partial charge on any atom is -0.467 e. The Hall–Kier alpha value is -3.08. The number of ether oxygens (including phenoxy) is 2. The van der Waals surface area contributed by atoms with Crippen molar-refractivity contribution in [1.29, 1.82) is 0 Å². The van der Waals surface area contributed by atoms with Gasteiger partial charge in [-0.15, -0.1) is 0 Å². The van der Waals surface area contributed by atoms with Crippen molar-refractivity contribution in [2.45, 2.75) is 43.9 Å². The second kappa shape index (κ2) is 9.16. The van der Waals surface area contributed by atoms with Gasteiger partial charge in [0.25, 0.3) is 0 Å². The summed E-state index contributed by atoms with van der Waals surface area (Å²) < 4.78 is 10.9. The summed E-state index contributed by atoms with van der Waals surface area (Å²) in [6.07, 6.45) is 6.73. The second-order valence-electron chi connectivity index (χ2n) is 7.96. The molecule has 1 aliphatic carbocycles. The van der Waals surface area contributed by atoms with Gasteiger partial charge in [0.1, 0.15) is 12.1 Å². The molecule has 0 unspecified atom stereocenters. The van der Waals surface area contributed by atoms with E-state index in [1.807, 2.05) is 60.7 Å². The average molecular weight is 405 g/mol. The zero-order valence-electron chi connectivity index (χ0n) is 17.1. The first-order chi connectivity index (χ1) is 14.7. The van der Waals surface area contributed by atoms with Crippen molar-refractivity contribution < 1.29 is 19.1 Å². The van der Waals surface area contributed by atoms with E-state index in [0.29, 0.717) is 18.8 Å². The van der Waals surface area contributed by atoms with Crippen molar-refractivity contribution in [1.82, 2.24) is 4.90 Å². The Kier molecular flexibility index (Phi) is 6.17. The van der Waals surface area contributed by atoms with Crippen molar-refractivity contribution >= 4 is 12.1 Å². The zero-order chi connectivity index (χ0) is 20.9. The summed E-state index contributed by atoms with van der Waals surface area (Å²) in [5.41, 5.74) is 2.07. The number of nitrogens with zero attached hydrogens (tertiary/aromatic N) is 1. The Morgan fingerprint density at radius 1 is 1.07 bits per heavy atom. The highest BCUT2D eigenvalue weighted by atomic mass is 16.6. The van der Waals surface area contributed by atoms with E-state index in [-0.39, 0.29) is 12.1 Å². The molecule has 0 spiro atoms. The summed E-state index contributed by atoms with van der Waals surface area (Å²) in [4.78, 5) is 27.2. The first-order valence-corrected chi connectivity index (χ1v) is 10.5. The molecule has 5 heteroatoms. The van der Waals surface area contributed by atoms with Crippen LogP contribution in [-0.4, -0.2) is 42.3 Å². The first kappa shape index (κ1) is 20.2. The summed E-state index contributed by atoms with van der Waals surface area (Å²) in [6.45, 7) is 0. The van der Waals surface area contributed by atoms with Crippen molar-refractivity contribution in [3.63, 3.8) is 0 Å². The number of hydrogen-bond donors (Lipinski definition) is 0. The summed E-state index contributed by atoms with van der Waals surface area (Å²) in [5, 5.41) is 0. The molecule has 1 heterocycles. The molecule has 0 radical (unpaired) electrons. The lowest BCUT2D eigenvalue weighted by atomic mass is 9.98. The van der Waals surface area contributed by atoms with E-state index in [1.165, 1.54) is 20.0 Å². The molecule has 5 nitrogen and oxygen atoms in total. The maximum absolute atomic E-state index is 13.0. The average Bonchev–Trinajstić information content (AvgIpc) is 3.55. The van der Waals surface area contributed by atoms with Crippen LogP contribution in [0.4, 0.5) is 4.79 Å². The van der Waals surface area contributed by atoms with Crippen LogP contribution in [-0.2, 0) is 27.1 Å². The molecule has 156 valence electrons. The molecule has 0 bridgehead atoms. The molecule has 3 atom stereocenters. The van der Waals surface area contributed by atoms with Crippen molar-refractivity contribution in [2.24, 2.45) is 5.92 Å². The van der Waals surface area contributed by atoms with Gasteiger partial charge in [0.15, 0.2) is 0 Å². The fourth-order valence-corrected chi connectivity index (χ4v) is 3.95. The molecule has 1 aliphatic heterocycles. The van der Waals surface area contributed by atoms with E-state index in [9.17, 15) is 9.59 Å². The first-order valence-electron chi connectivity index (χ1n) is 10.5. The number of hydrogen-bond acceptors (Lipinski definition) is 4. The van der Waals surface area contributed by atoms with E-state index in [0.717, 1.165) is 11.1 Å². The highest BCUT2D eigenvalue weighted by Gasteiger charge is 2.46. The van der Waals surface area contributed by atoms with Gasteiger partial charge in [-0.3, -0.25) is 4.90 Å². The molecule has 2 aliphatic rings. The molecule has 30 heavy (non-hydrogen) atoms. The maximum Gasteiger partial charge on any atom is 0.411 e. The second-order valence-corrected chi connectivity index (χ2v) is 7.96. The minimum atomic E-state index is -0.737. The summed E-state index contributed by atoms with van der Waals surface area (Å²) >= 11 is 0. The van der Waals surface area contributed by atoms with Crippen LogP contribution in [0.15, 0.2) is 72.8 Å². The van der Waals surface area contributed by atoms with E-state index in [4.69, 9.17) is 9.47 Å². The van der Waals surface area contributed by atoms with Crippen LogP contribution in [0.5, 0.6) is 0 Å². The van der Waals surface area contributed by atoms with Crippen LogP contribution >= 0.6 is 0 Å². The molecule has 0 aromatic heterocycles. The fraction of sp³-hybridized carbons (Fsp3) is 0.360. The number of esters is 1. The van der Waals surface area contributed by atoms with Gasteiger partial charge in [-0.1, -0.05) is 72.8 Å². The van der Waals surface area contributed by atoms with Crippen LogP contribution in [0.2, 0.25) is 0 Å². The Balaban J connectivity index is 1.62. The number of allylic oxidation sites excluding steroid dienone is 1. The molecule has 4 rings (SSSR count). The number of rotatable bonds is 8. The topological polar surface area (TPSA) is 55.8 Å². The predicted molar refractivity (Wildman–Crippen MR) is 114 cm³/mol. The number of benzene rings is 2. The Morgan fingerprint density at radius 3 is 2.30 bits per heavy atom. The number of amides is 1. The van der Waals surface area contributed by atoms with Crippen molar-refractivity contribution in [3.8, 4) is 0 Å². The van der Waals surface area contributed by atoms with Gasteiger partial charge in [0.05, 0.1) is 13.2 Å². The van der Waals surface area contributed by atoms with Crippen LogP contribution in [0.25, 0.3) is 0 Å². The zero-order valence-corrected chi connectivity index (χ0v) is 17.1. The largest absolute Gasteiger partial charge is 0.467 e. The minimum absolute atomic E-state index is 0.314. The standard InChI is InChI=1S/C25H27NO4/c1-29-24(27)22(16-19-8-4-2-5-9-19)26-21(15-14-18-12-13-18)23(30-25(26)28)17-20-10-6-3-7-11-20/h2-11,14-15,18,21-23H,12-13,16-17H2,1H3/b15-14+/t21-,22+,23+/m1/s1. The number of carbonyl (C=O) groups excluding carboxylic acids is 2. The van der Waals surface area contributed by atoms with Gasteiger partial charge in [-0.05, 0) is 29.9 Å². The van der Waals surface area contributed by atoms with Gasteiger partial charge in [-0.25, -0.2) is 9.59 Å². The number of carbonyl (C=O) groups is 2. The lowest BCUT2D eigenvalue weighted by Crippen LogP contribution is -2.49. The van der Waals surface area contributed by atoms with Gasteiger partial charge in [-0.2, -0.15) is 0 Å². The van der Waals surface area contributed by atoms with E-state index < -0.39 is 18.1 Å². The molecule has 2 aromatic rings. The number of methoxy groups -OCH3 is 1. The van der Waals surface area contributed by atoms with Gasteiger partial charge in [0, 0.05) is 12.8 Å². The van der Waals surface area contributed by atoms with E-state index >= 15 is 0 Å². The van der Waals surface area contributed by atoms with Gasteiger partial charge in [0.2, 0.25) is 0 Å². The van der Waals surface area contributed by atoms with E-state index in [1.54, 1.807) is 4.90 Å². The quantitative estimate of drug-likeness (QED) is 0.489. The lowest BCUT2D eigenvalue weighted by Gasteiger charge is -2.29. The monoisotopic (exact) mass is 405 g/mol. The van der Waals surface area contributed by atoms with Crippen molar-refractivity contribution in [3.05, 3.63) is 83.9 Å². The molecule has 0 N–H and O–H groups in total. The van der Waals surface area contributed by atoms with Crippen LogP contribution in [0, 0.1) is 5.92 Å². The van der Waals surface area contributed by atoms with Gasteiger partial charge < -0.3 is 9.47 Å². The molecule has 1 saturated carbocycles. The molecule has 1 saturated heterocycles. The Labute approximate surface area is 177 Å². The third-order valence-electron chi connectivity index (χ3n) is 5.73.